The van der Waals surface area contributed by atoms with Gasteiger partial charge in [0.15, 0.2) is 0 Å². The molecule has 4 nitrogen and oxygen atoms in total. The Morgan fingerprint density at radius 3 is 2.95 bits per heavy atom. The van der Waals surface area contributed by atoms with Crippen LogP contribution in [0.4, 0.5) is 0 Å². The van der Waals surface area contributed by atoms with Crippen molar-refractivity contribution in [1.29, 1.82) is 0 Å². The fourth-order valence-corrected chi connectivity index (χ4v) is 3.47. The molecule has 2 atom stereocenters. The third kappa shape index (κ3) is 3.76. The van der Waals surface area contributed by atoms with Crippen LogP contribution in [0.25, 0.3) is 0 Å². The van der Waals surface area contributed by atoms with Crippen LogP contribution < -0.4 is 10.1 Å². The summed E-state index contributed by atoms with van der Waals surface area (Å²) in [5.74, 6) is 0.964. The predicted octanol–water partition coefficient (Wildman–Crippen LogP) is 2.04. The molecule has 1 saturated carbocycles. The second-order valence-electron chi connectivity index (χ2n) is 5.97. The van der Waals surface area contributed by atoms with E-state index in [2.05, 4.69) is 34.5 Å². The molecule has 1 aliphatic heterocycles. The Bertz CT molecular complexity index is 435. The highest BCUT2D eigenvalue weighted by atomic mass is 16.5. The van der Waals surface area contributed by atoms with Gasteiger partial charge in [0.2, 0.25) is 0 Å². The molecule has 1 aliphatic carbocycles. The first-order chi connectivity index (χ1) is 10.4. The lowest BCUT2D eigenvalue weighted by atomic mass is 10.1. The standard InChI is InChI=1S/C17H26N2O2/c1-18-13-14-5-7-15(8-6-14)20-11-9-19-10-12-21-17-4-2-3-16(17)19/h5-8,16-18H,2-4,9-13H2,1H3. The summed E-state index contributed by atoms with van der Waals surface area (Å²) in [4.78, 5) is 2.55. The number of nitrogens with one attached hydrogen (secondary N) is 1. The SMILES string of the molecule is CNCc1ccc(OCCN2CCOC3CCCC32)cc1. The van der Waals surface area contributed by atoms with Gasteiger partial charge in [-0.1, -0.05) is 12.1 Å². The van der Waals surface area contributed by atoms with Crippen molar-refractivity contribution in [2.75, 3.05) is 33.4 Å². The summed E-state index contributed by atoms with van der Waals surface area (Å²) >= 11 is 0. The molecule has 116 valence electrons. The molecule has 21 heavy (non-hydrogen) atoms. The zero-order chi connectivity index (χ0) is 14.5. The number of rotatable bonds is 6. The minimum Gasteiger partial charge on any atom is -0.492 e. The first-order valence-corrected chi connectivity index (χ1v) is 8.09. The highest BCUT2D eigenvalue weighted by molar-refractivity contribution is 5.27. The Morgan fingerprint density at radius 2 is 2.14 bits per heavy atom. The van der Waals surface area contributed by atoms with Crippen LogP contribution in [0.5, 0.6) is 5.75 Å². The fraction of sp³-hybridized carbons (Fsp3) is 0.647. The molecule has 1 heterocycles. The maximum atomic E-state index is 5.89. The van der Waals surface area contributed by atoms with Crippen LogP contribution in [-0.4, -0.2) is 50.4 Å². The van der Waals surface area contributed by atoms with E-state index in [0.717, 1.165) is 38.6 Å². The molecule has 1 N–H and O–H groups in total. The lowest BCUT2D eigenvalue weighted by molar-refractivity contribution is -0.0583. The molecule has 0 aromatic heterocycles. The van der Waals surface area contributed by atoms with Crippen LogP contribution in [0.15, 0.2) is 24.3 Å². The Labute approximate surface area is 127 Å². The van der Waals surface area contributed by atoms with Crippen LogP contribution in [0.1, 0.15) is 24.8 Å². The number of morpholine rings is 1. The molecule has 2 aliphatic rings. The van der Waals surface area contributed by atoms with E-state index in [-0.39, 0.29) is 0 Å². The van der Waals surface area contributed by atoms with Gasteiger partial charge in [-0.2, -0.15) is 0 Å². The van der Waals surface area contributed by atoms with E-state index in [4.69, 9.17) is 9.47 Å². The third-order valence-corrected chi connectivity index (χ3v) is 4.55. The number of ether oxygens (including phenoxy) is 2. The van der Waals surface area contributed by atoms with Gasteiger partial charge < -0.3 is 14.8 Å². The highest BCUT2D eigenvalue weighted by Gasteiger charge is 2.35. The molecule has 0 amide bonds. The fourth-order valence-electron chi connectivity index (χ4n) is 3.47. The summed E-state index contributed by atoms with van der Waals surface area (Å²) in [6.07, 6.45) is 4.29. The van der Waals surface area contributed by atoms with Crippen molar-refractivity contribution in [1.82, 2.24) is 10.2 Å². The largest absolute Gasteiger partial charge is 0.492 e. The van der Waals surface area contributed by atoms with Crippen LogP contribution in [0, 0.1) is 0 Å². The van der Waals surface area contributed by atoms with Crippen molar-refractivity contribution in [2.24, 2.45) is 0 Å². The van der Waals surface area contributed by atoms with Gasteiger partial charge in [0, 0.05) is 25.7 Å². The van der Waals surface area contributed by atoms with Crippen molar-refractivity contribution in [3.8, 4) is 5.75 Å². The first kappa shape index (κ1) is 14.8. The number of benzene rings is 1. The summed E-state index contributed by atoms with van der Waals surface area (Å²) in [7, 11) is 1.96. The minimum atomic E-state index is 0.472. The number of nitrogens with zero attached hydrogens (tertiary/aromatic N) is 1. The van der Waals surface area contributed by atoms with Crippen LogP contribution >= 0.6 is 0 Å². The van der Waals surface area contributed by atoms with Crippen molar-refractivity contribution in [3.05, 3.63) is 29.8 Å². The lowest BCUT2D eigenvalue weighted by Gasteiger charge is -2.37. The molecule has 0 spiro atoms. The third-order valence-electron chi connectivity index (χ3n) is 4.55. The molecular weight excluding hydrogens is 264 g/mol. The van der Waals surface area contributed by atoms with Gasteiger partial charge >= 0.3 is 0 Å². The van der Waals surface area contributed by atoms with Crippen LogP contribution in [-0.2, 0) is 11.3 Å². The van der Waals surface area contributed by atoms with Gasteiger partial charge in [-0.25, -0.2) is 0 Å². The van der Waals surface area contributed by atoms with Gasteiger partial charge in [-0.15, -0.1) is 0 Å². The Morgan fingerprint density at radius 1 is 1.29 bits per heavy atom. The molecule has 2 unspecified atom stereocenters. The predicted molar refractivity (Wildman–Crippen MR) is 83.7 cm³/mol. The molecule has 4 heteroatoms. The number of fused-ring (bicyclic) bond motifs is 1. The summed E-state index contributed by atoms with van der Waals surface area (Å²) in [6.45, 7) is 4.58. The summed E-state index contributed by atoms with van der Waals surface area (Å²) in [5.41, 5.74) is 1.28. The van der Waals surface area contributed by atoms with Crippen molar-refractivity contribution < 1.29 is 9.47 Å². The number of hydrogen-bond donors (Lipinski definition) is 1. The average Bonchev–Trinajstić information content (AvgIpc) is 2.99. The van der Waals surface area contributed by atoms with Gasteiger partial charge in [0.1, 0.15) is 12.4 Å². The smallest absolute Gasteiger partial charge is 0.119 e. The Hall–Kier alpha value is -1.10. The van der Waals surface area contributed by atoms with Crippen molar-refractivity contribution in [2.45, 2.75) is 38.0 Å². The summed E-state index contributed by atoms with van der Waals surface area (Å²) < 4.78 is 11.7. The Balaban J connectivity index is 1.45. The quantitative estimate of drug-likeness (QED) is 0.869. The molecule has 1 aromatic carbocycles. The van der Waals surface area contributed by atoms with E-state index in [1.165, 1.54) is 24.8 Å². The van der Waals surface area contributed by atoms with Gasteiger partial charge in [0.25, 0.3) is 0 Å². The monoisotopic (exact) mass is 290 g/mol. The molecule has 2 fully saturated rings. The molecule has 1 saturated heterocycles. The van der Waals surface area contributed by atoms with Gasteiger partial charge in [0.05, 0.1) is 12.7 Å². The lowest BCUT2D eigenvalue weighted by Crippen LogP contribution is -2.49. The zero-order valence-corrected chi connectivity index (χ0v) is 12.9. The van der Waals surface area contributed by atoms with Crippen LogP contribution in [0.3, 0.4) is 0 Å². The molecule has 0 radical (unpaired) electrons. The van der Waals surface area contributed by atoms with E-state index >= 15 is 0 Å². The molecular formula is C17H26N2O2. The molecule has 1 aromatic rings. The van der Waals surface area contributed by atoms with Crippen LogP contribution in [0.2, 0.25) is 0 Å². The minimum absolute atomic E-state index is 0.472. The topological polar surface area (TPSA) is 33.7 Å². The number of hydrogen-bond acceptors (Lipinski definition) is 4. The highest BCUT2D eigenvalue weighted by Crippen LogP contribution is 2.29. The molecule has 0 bridgehead atoms. The normalized spacial score (nSPS) is 25.8. The zero-order valence-electron chi connectivity index (χ0n) is 12.9. The first-order valence-electron chi connectivity index (χ1n) is 8.09. The second kappa shape index (κ2) is 7.25. The second-order valence-corrected chi connectivity index (χ2v) is 5.97. The Kier molecular flexibility index (Phi) is 5.12. The maximum absolute atomic E-state index is 5.89. The van der Waals surface area contributed by atoms with Crippen molar-refractivity contribution >= 4 is 0 Å². The van der Waals surface area contributed by atoms with Crippen molar-refractivity contribution in [3.63, 3.8) is 0 Å². The van der Waals surface area contributed by atoms with E-state index in [1.807, 2.05) is 7.05 Å². The molecule has 3 rings (SSSR count). The van der Waals surface area contributed by atoms with Gasteiger partial charge in [-0.05, 0) is 44.0 Å². The summed E-state index contributed by atoms with van der Waals surface area (Å²) in [6, 6.07) is 8.98. The summed E-state index contributed by atoms with van der Waals surface area (Å²) in [5, 5.41) is 3.15. The van der Waals surface area contributed by atoms with E-state index in [1.54, 1.807) is 0 Å². The van der Waals surface area contributed by atoms with E-state index in [0.29, 0.717) is 12.1 Å². The maximum Gasteiger partial charge on any atom is 0.119 e. The van der Waals surface area contributed by atoms with E-state index < -0.39 is 0 Å². The van der Waals surface area contributed by atoms with E-state index in [9.17, 15) is 0 Å². The average molecular weight is 290 g/mol. The van der Waals surface area contributed by atoms with Gasteiger partial charge in [-0.3, -0.25) is 4.90 Å².